The Kier molecular flexibility index (Phi) is 3.33. The zero-order valence-electron chi connectivity index (χ0n) is 12.8. The fourth-order valence-corrected chi connectivity index (χ4v) is 2.54. The van der Waals surface area contributed by atoms with E-state index in [1.54, 1.807) is 18.5 Å². The van der Waals surface area contributed by atoms with Gasteiger partial charge in [-0.1, -0.05) is 5.16 Å². The van der Waals surface area contributed by atoms with Crippen LogP contribution in [0.2, 0.25) is 0 Å². The summed E-state index contributed by atoms with van der Waals surface area (Å²) in [6, 6.07) is 5.50. The highest BCUT2D eigenvalue weighted by atomic mass is 16.5. The molecule has 0 atom stereocenters. The number of aryl methyl sites for hydroxylation is 1. The van der Waals surface area contributed by atoms with Crippen molar-refractivity contribution in [3.05, 3.63) is 41.8 Å². The van der Waals surface area contributed by atoms with E-state index in [-0.39, 0.29) is 5.91 Å². The van der Waals surface area contributed by atoms with E-state index in [9.17, 15) is 4.79 Å². The molecular weight excluding hydrogens is 294 g/mol. The summed E-state index contributed by atoms with van der Waals surface area (Å²) in [5.41, 5.74) is 2.41. The number of carbonyl (C=O) groups excluding carboxylic acids is 1. The molecule has 1 aliphatic carbocycles. The third-order valence-electron chi connectivity index (χ3n) is 4.04. The molecule has 23 heavy (non-hydrogen) atoms. The lowest BCUT2D eigenvalue weighted by Crippen LogP contribution is -2.25. The number of benzene rings is 1. The van der Waals surface area contributed by atoms with Gasteiger partial charge in [0.15, 0.2) is 5.82 Å². The lowest BCUT2D eigenvalue weighted by Gasteiger charge is -2.04. The Morgan fingerprint density at radius 3 is 3.13 bits per heavy atom. The van der Waals surface area contributed by atoms with Crippen molar-refractivity contribution in [1.82, 2.24) is 25.0 Å². The molecule has 1 saturated carbocycles. The van der Waals surface area contributed by atoms with E-state index < -0.39 is 0 Å². The minimum absolute atomic E-state index is 0.125. The van der Waals surface area contributed by atoms with Crippen molar-refractivity contribution >= 4 is 16.9 Å². The Bertz CT molecular complexity index is 862. The first-order valence-corrected chi connectivity index (χ1v) is 7.72. The van der Waals surface area contributed by atoms with Gasteiger partial charge in [-0.15, -0.1) is 0 Å². The molecule has 1 aromatic carbocycles. The van der Waals surface area contributed by atoms with E-state index >= 15 is 0 Å². The average molecular weight is 311 g/mol. The number of amides is 1. The molecule has 1 aliphatic rings. The largest absolute Gasteiger partial charge is 0.352 e. The van der Waals surface area contributed by atoms with Crippen molar-refractivity contribution in [3.8, 4) is 0 Å². The van der Waals surface area contributed by atoms with E-state index in [0.717, 1.165) is 29.7 Å². The van der Waals surface area contributed by atoms with E-state index in [0.29, 0.717) is 30.3 Å². The SMILES string of the molecule is Cn1cnc2cc(C(=O)NCCc3nc(C4CC4)no3)ccc21. The minimum atomic E-state index is -0.125. The predicted octanol–water partition coefficient (Wildman–Crippen LogP) is 1.81. The van der Waals surface area contributed by atoms with Gasteiger partial charge < -0.3 is 14.4 Å². The Labute approximate surface area is 132 Å². The van der Waals surface area contributed by atoms with Crippen LogP contribution in [0.3, 0.4) is 0 Å². The van der Waals surface area contributed by atoms with Crippen molar-refractivity contribution in [2.75, 3.05) is 6.54 Å². The van der Waals surface area contributed by atoms with Crippen LogP contribution >= 0.6 is 0 Å². The summed E-state index contributed by atoms with van der Waals surface area (Å²) in [5, 5.41) is 6.83. The van der Waals surface area contributed by atoms with Crippen molar-refractivity contribution in [3.63, 3.8) is 0 Å². The highest BCUT2D eigenvalue weighted by Gasteiger charge is 2.28. The van der Waals surface area contributed by atoms with Crippen molar-refractivity contribution in [2.24, 2.45) is 7.05 Å². The van der Waals surface area contributed by atoms with Gasteiger partial charge in [-0.25, -0.2) is 4.98 Å². The summed E-state index contributed by atoms with van der Waals surface area (Å²) in [6.45, 7) is 0.464. The number of rotatable bonds is 5. The second-order valence-corrected chi connectivity index (χ2v) is 5.89. The molecule has 4 rings (SSSR count). The molecule has 118 valence electrons. The van der Waals surface area contributed by atoms with E-state index in [1.165, 1.54) is 0 Å². The first kappa shape index (κ1) is 13.9. The number of nitrogens with one attached hydrogen (secondary N) is 1. The summed E-state index contributed by atoms with van der Waals surface area (Å²) in [6.07, 6.45) is 4.56. The number of hydrogen-bond donors (Lipinski definition) is 1. The van der Waals surface area contributed by atoms with E-state index in [2.05, 4.69) is 20.4 Å². The molecule has 7 nitrogen and oxygen atoms in total. The number of carbonyl (C=O) groups is 1. The second-order valence-electron chi connectivity index (χ2n) is 5.89. The monoisotopic (exact) mass is 311 g/mol. The standard InChI is InChI=1S/C16H17N5O2/c1-21-9-18-12-8-11(4-5-13(12)21)16(22)17-7-6-14-19-15(20-23-14)10-2-3-10/h4-5,8-10H,2-3,6-7H2,1H3,(H,17,22). The molecular formula is C16H17N5O2. The molecule has 0 unspecified atom stereocenters. The van der Waals surface area contributed by atoms with Gasteiger partial charge in [0.25, 0.3) is 5.91 Å². The lowest BCUT2D eigenvalue weighted by atomic mass is 10.2. The van der Waals surface area contributed by atoms with Gasteiger partial charge >= 0.3 is 0 Å². The summed E-state index contributed by atoms with van der Waals surface area (Å²) in [7, 11) is 1.93. The molecule has 2 heterocycles. The van der Waals surface area contributed by atoms with Crippen LogP contribution in [0.1, 0.15) is 40.8 Å². The first-order valence-electron chi connectivity index (χ1n) is 7.72. The van der Waals surface area contributed by atoms with Crippen LogP contribution in [0.25, 0.3) is 11.0 Å². The molecule has 1 N–H and O–H groups in total. The van der Waals surface area contributed by atoms with Crippen LogP contribution in [-0.2, 0) is 13.5 Å². The van der Waals surface area contributed by atoms with Crippen LogP contribution in [0, 0.1) is 0 Å². The molecule has 0 bridgehead atoms. The quantitative estimate of drug-likeness (QED) is 0.776. The molecule has 0 saturated heterocycles. The minimum Gasteiger partial charge on any atom is -0.352 e. The highest BCUT2D eigenvalue weighted by molar-refractivity contribution is 5.97. The van der Waals surface area contributed by atoms with Crippen LogP contribution in [0.4, 0.5) is 0 Å². The molecule has 1 amide bonds. The average Bonchev–Trinajstić information content (AvgIpc) is 3.20. The zero-order chi connectivity index (χ0) is 15.8. The van der Waals surface area contributed by atoms with Crippen LogP contribution < -0.4 is 5.32 Å². The Hall–Kier alpha value is -2.70. The summed E-state index contributed by atoms with van der Waals surface area (Å²) in [4.78, 5) is 20.8. The maximum Gasteiger partial charge on any atom is 0.251 e. The molecule has 2 aromatic heterocycles. The van der Waals surface area contributed by atoms with Crippen LogP contribution in [0.15, 0.2) is 29.0 Å². The number of fused-ring (bicyclic) bond motifs is 1. The third kappa shape index (κ3) is 2.81. The van der Waals surface area contributed by atoms with E-state index in [1.807, 2.05) is 17.7 Å². The summed E-state index contributed by atoms with van der Waals surface area (Å²) >= 11 is 0. The number of imidazole rings is 1. The van der Waals surface area contributed by atoms with Gasteiger partial charge in [0.2, 0.25) is 5.89 Å². The van der Waals surface area contributed by atoms with Gasteiger partial charge in [0, 0.05) is 31.5 Å². The Morgan fingerprint density at radius 1 is 1.43 bits per heavy atom. The molecule has 1 fully saturated rings. The smallest absolute Gasteiger partial charge is 0.251 e. The normalized spacial score (nSPS) is 14.3. The number of hydrogen-bond acceptors (Lipinski definition) is 5. The highest BCUT2D eigenvalue weighted by Crippen LogP contribution is 2.38. The molecule has 0 aliphatic heterocycles. The molecule has 7 heteroatoms. The fraction of sp³-hybridized carbons (Fsp3) is 0.375. The Balaban J connectivity index is 1.36. The van der Waals surface area contributed by atoms with Crippen LogP contribution in [0.5, 0.6) is 0 Å². The van der Waals surface area contributed by atoms with Gasteiger partial charge in [-0.2, -0.15) is 4.98 Å². The molecule has 0 spiro atoms. The maximum absolute atomic E-state index is 12.2. The van der Waals surface area contributed by atoms with Crippen molar-refractivity contribution < 1.29 is 9.32 Å². The summed E-state index contributed by atoms with van der Waals surface area (Å²) < 4.78 is 7.11. The lowest BCUT2D eigenvalue weighted by molar-refractivity contribution is 0.0953. The van der Waals surface area contributed by atoms with Gasteiger partial charge in [-0.3, -0.25) is 4.79 Å². The fourth-order valence-electron chi connectivity index (χ4n) is 2.54. The number of nitrogens with zero attached hydrogens (tertiary/aromatic N) is 4. The summed E-state index contributed by atoms with van der Waals surface area (Å²) in [5.74, 6) is 1.73. The van der Waals surface area contributed by atoms with Gasteiger partial charge in [0.1, 0.15) is 0 Å². The third-order valence-corrected chi connectivity index (χ3v) is 4.04. The van der Waals surface area contributed by atoms with Gasteiger partial charge in [0.05, 0.1) is 17.4 Å². The number of aromatic nitrogens is 4. The maximum atomic E-state index is 12.2. The van der Waals surface area contributed by atoms with Gasteiger partial charge in [-0.05, 0) is 31.0 Å². The molecule has 3 aromatic rings. The van der Waals surface area contributed by atoms with Crippen molar-refractivity contribution in [2.45, 2.75) is 25.2 Å². The predicted molar refractivity (Wildman–Crippen MR) is 83.0 cm³/mol. The zero-order valence-corrected chi connectivity index (χ0v) is 12.8. The second kappa shape index (κ2) is 5.49. The molecule has 0 radical (unpaired) electrons. The van der Waals surface area contributed by atoms with Crippen molar-refractivity contribution in [1.29, 1.82) is 0 Å². The van der Waals surface area contributed by atoms with Crippen LogP contribution in [-0.4, -0.2) is 32.1 Å². The van der Waals surface area contributed by atoms with E-state index in [4.69, 9.17) is 4.52 Å². The first-order chi connectivity index (χ1) is 11.2. The topological polar surface area (TPSA) is 85.8 Å². The Morgan fingerprint density at radius 2 is 2.30 bits per heavy atom.